The van der Waals surface area contributed by atoms with Crippen molar-refractivity contribution in [2.75, 3.05) is 46.9 Å². The van der Waals surface area contributed by atoms with Gasteiger partial charge in [0.2, 0.25) is 0 Å². The van der Waals surface area contributed by atoms with E-state index in [-0.39, 0.29) is 12.6 Å². The van der Waals surface area contributed by atoms with Crippen LogP contribution in [0.4, 0.5) is 0 Å². The maximum Gasteiger partial charge on any atom is 0.0583 e. The molecule has 0 aliphatic rings. The number of nitrogens with two attached hydrogens (primary N) is 1. The Bertz CT molecular complexity index is 142. The Hall–Kier alpha value is -0.160. The molecule has 0 radical (unpaired) electrons. The van der Waals surface area contributed by atoms with Gasteiger partial charge >= 0.3 is 0 Å². The highest BCUT2D eigenvalue weighted by Gasteiger charge is 2.05. The van der Waals surface area contributed by atoms with Crippen LogP contribution in [0.15, 0.2) is 0 Å². The zero-order valence-corrected chi connectivity index (χ0v) is 10.4. The van der Waals surface area contributed by atoms with Crippen LogP contribution in [0.3, 0.4) is 0 Å². The third-order valence-electron chi connectivity index (χ3n) is 2.58. The lowest BCUT2D eigenvalue weighted by molar-refractivity contribution is 0.222. The van der Waals surface area contributed by atoms with Gasteiger partial charge in [0, 0.05) is 6.04 Å². The van der Waals surface area contributed by atoms with Crippen molar-refractivity contribution >= 4 is 0 Å². The first kappa shape index (κ1) is 14.8. The Morgan fingerprint density at radius 1 is 1.20 bits per heavy atom. The van der Waals surface area contributed by atoms with Gasteiger partial charge in [-0.3, -0.25) is 0 Å². The van der Waals surface area contributed by atoms with E-state index in [1.54, 1.807) is 0 Å². The van der Waals surface area contributed by atoms with Crippen molar-refractivity contribution in [3.63, 3.8) is 0 Å². The van der Waals surface area contributed by atoms with Crippen LogP contribution in [-0.4, -0.2) is 67.8 Å². The number of nitrogens with zero attached hydrogens (tertiary/aromatic N) is 2. The van der Waals surface area contributed by atoms with Gasteiger partial charge in [-0.25, -0.2) is 0 Å². The average molecular weight is 217 g/mol. The number of rotatable bonds is 9. The second-order valence-corrected chi connectivity index (χ2v) is 4.32. The van der Waals surface area contributed by atoms with Gasteiger partial charge in [-0.05, 0) is 53.1 Å². The summed E-state index contributed by atoms with van der Waals surface area (Å²) in [5, 5.41) is 8.82. The number of hydrogen-bond acceptors (Lipinski definition) is 4. The van der Waals surface area contributed by atoms with E-state index in [0.29, 0.717) is 0 Å². The van der Waals surface area contributed by atoms with E-state index in [9.17, 15) is 0 Å². The van der Waals surface area contributed by atoms with E-state index >= 15 is 0 Å². The number of aliphatic hydroxyl groups is 1. The molecule has 0 rings (SSSR count). The second-order valence-electron chi connectivity index (χ2n) is 4.32. The van der Waals surface area contributed by atoms with Crippen LogP contribution in [0, 0.1) is 0 Å². The molecule has 4 nitrogen and oxygen atoms in total. The van der Waals surface area contributed by atoms with E-state index in [2.05, 4.69) is 30.8 Å². The van der Waals surface area contributed by atoms with Gasteiger partial charge in [0.15, 0.2) is 0 Å². The van der Waals surface area contributed by atoms with Crippen LogP contribution >= 0.6 is 0 Å². The maximum atomic E-state index is 8.82. The molecule has 0 fully saturated rings. The van der Waals surface area contributed by atoms with E-state index in [0.717, 1.165) is 32.6 Å². The summed E-state index contributed by atoms with van der Waals surface area (Å²) < 4.78 is 0. The predicted molar refractivity (Wildman–Crippen MR) is 65.0 cm³/mol. The zero-order chi connectivity index (χ0) is 11.7. The summed E-state index contributed by atoms with van der Waals surface area (Å²) in [6, 6.07) is -0.0621. The first-order valence-corrected chi connectivity index (χ1v) is 5.83. The largest absolute Gasteiger partial charge is 0.395 e. The summed E-state index contributed by atoms with van der Waals surface area (Å²) in [6.45, 7) is 6.56. The van der Waals surface area contributed by atoms with Gasteiger partial charge in [0.1, 0.15) is 0 Å². The molecule has 0 aromatic rings. The monoisotopic (exact) mass is 217 g/mol. The Morgan fingerprint density at radius 2 is 1.87 bits per heavy atom. The van der Waals surface area contributed by atoms with Crippen molar-refractivity contribution in [3.05, 3.63) is 0 Å². The van der Waals surface area contributed by atoms with Gasteiger partial charge in [0.25, 0.3) is 0 Å². The van der Waals surface area contributed by atoms with Gasteiger partial charge < -0.3 is 20.6 Å². The highest BCUT2D eigenvalue weighted by atomic mass is 16.3. The molecule has 1 atom stereocenters. The molecule has 0 saturated carbocycles. The minimum atomic E-state index is -0.0621. The summed E-state index contributed by atoms with van der Waals surface area (Å²) in [6.07, 6.45) is 2.07. The molecule has 0 saturated heterocycles. The van der Waals surface area contributed by atoms with E-state index in [4.69, 9.17) is 10.8 Å². The minimum absolute atomic E-state index is 0.0621. The van der Waals surface area contributed by atoms with E-state index in [1.807, 2.05) is 0 Å². The van der Waals surface area contributed by atoms with Crippen LogP contribution in [0.1, 0.15) is 19.8 Å². The Kier molecular flexibility index (Phi) is 9.00. The van der Waals surface area contributed by atoms with Crippen LogP contribution < -0.4 is 5.73 Å². The quantitative estimate of drug-likeness (QED) is 0.569. The van der Waals surface area contributed by atoms with E-state index in [1.165, 1.54) is 6.42 Å². The average Bonchev–Trinajstić information content (AvgIpc) is 2.22. The Morgan fingerprint density at radius 3 is 2.33 bits per heavy atom. The summed E-state index contributed by atoms with van der Waals surface area (Å²) in [7, 11) is 4.19. The molecule has 4 heteroatoms. The van der Waals surface area contributed by atoms with Crippen molar-refractivity contribution in [1.29, 1.82) is 0 Å². The molecule has 3 N–H and O–H groups in total. The van der Waals surface area contributed by atoms with Gasteiger partial charge in [-0.2, -0.15) is 0 Å². The summed E-state index contributed by atoms with van der Waals surface area (Å²) in [5.41, 5.74) is 5.67. The Balaban J connectivity index is 3.54. The lowest BCUT2D eigenvalue weighted by atomic mass is 10.2. The molecule has 0 aliphatic heterocycles. The van der Waals surface area contributed by atoms with Crippen molar-refractivity contribution in [2.24, 2.45) is 5.73 Å². The van der Waals surface area contributed by atoms with Crippen LogP contribution in [-0.2, 0) is 0 Å². The summed E-state index contributed by atoms with van der Waals surface area (Å²) in [5.74, 6) is 0. The smallest absolute Gasteiger partial charge is 0.0583 e. The summed E-state index contributed by atoms with van der Waals surface area (Å²) >= 11 is 0. The highest BCUT2D eigenvalue weighted by Crippen LogP contribution is 1.97. The molecule has 1 unspecified atom stereocenters. The number of hydrogen-bond donors (Lipinski definition) is 2. The standard InChI is InChI=1S/C11H27N3O/c1-4-14(8-5-7-13(2)3)9-6-11(12)10-15/h11,15H,4-10,12H2,1-3H3. The highest BCUT2D eigenvalue weighted by molar-refractivity contribution is 4.64. The van der Waals surface area contributed by atoms with Gasteiger partial charge in [-0.1, -0.05) is 6.92 Å². The third-order valence-corrected chi connectivity index (χ3v) is 2.58. The molecule has 0 heterocycles. The fourth-order valence-electron chi connectivity index (χ4n) is 1.48. The second kappa shape index (κ2) is 9.09. The van der Waals surface area contributed by atoms with Crippen molar-refractivity contribution in [3.8, 4) is 0 Å². The molecule has 0 amide bonds. The molecule has 0 aliphatic carbocycles. The lowest BCUT2D eigenvalue weighted by Gasteiger charge is -2.22. The molecule has 15 heavy (non-hydrogen) atoms. The molecule has 0 aromatic heterocycles. The zero-order valence-electron chi connectivity index (χ0n) is 10.4. The molecule has 0 bridgehead atoms. The fourth-order valence-corrected chi connectivity index (χ4v) is 1.48. The van der Waals surface area contributed by atoms with E-state index < -0.39 is 0 Å². The van der Waals surface area contributed by atoms with Crippen molar-refractivity contribution in [2.45, 2.75) is 25.8 Å². The predicted octanol–water partition coefficient (Wildman–Crippen LogP) is -0.0303. The first-order chi connectivity index (χ1) is 7.10. The normalized spacial score (nSPS) is 13.8. The van der Waals surface area contributed by atoms with Gasteiger partial charge in [-0.15, -0.1) is 0 Å². The SMILES string of the molecule is CCN(CCCN(C)C)CCC(N)CO. The lowest BCUT2D eigenvalue weighted by Crippen LogP contribution is -2.33. The maximum absolute atomic E-state index is 8.82. The first-order valence-electron chi connectivity index (χ1n) is 5.83. The van der Waals surface area contributed by atoms with Crippen LogP contribution in [0.5, 0.6) is 0 Å². The summed E-state index contributed by atoms with van der Waals surface area (Å²) in [4.78, 5) is 4.59. The minimum Gasteiger partial charge on any atom is -0.395 e. The van der Waals surface area contributed by atoms with Gasteiger partial charge in [0.05, 0.1) is 6.61 Å². The van der Waals surface area contributed by atoms with Crippen LogP contribution in [0.25, 0.3) is 0 Å². The number of aliphatic hydroxyl groups excluding tert-OH is 1. The Labute approximate surface area is 94.0 Å². The molecular weight excluding hydrogens is 190 g/mol. The topological polar surface area (TPSA) is 52.7 Å². The molecule has 92 valence electrons. The molecular formula is C11H27N3O. The fraction of sp³-hybridized carbons (Fsp3) is 1.00. The third kappa shape index (κ3) is 8.81. The molecule has 0 spiro atoms. The van der Waals surface area contributed by atoms with Crippen LogP contribution in [0.2, 0.25) is 0 Å². The molecule has 0 aromatic carbocycles. The van der Waals surface area contributed by atoms with Crippen molar-refractivity contribution in [1.82, 2.24) is 9.80 Å². The van der Waals surface area contributed by atoms with Crippen molar-refractivity contribution < 1.29 is 5.11 Å².